The first-order valence-electron chi connectivity index (χ1n) is 9.71. The molecule has 0 aromatic heterocycles. The average Bonchev–Trinajstić information content (AvgIpc) is 2.65. The highest BCUT2D eigenvalue weighted by Crippen LogP contribution is 2.21. The fourth-order valence-electron chi connectivity index (χ4n) is 2.82. The van der Waals surface area contributed by atoms with Gasteiger partial charge in [0.15, 0.2) is 6.61 Å². The van der Waals surface area contributed by atoms with Gasteiger partial charge in [0, 0.05) is 21.6 Å². The number of aryl methyl sites for hydroxylation is 1. The van der Waals surface area contributed by atoms with Gasteiger partial charge in [-0.05, 0) is 76.1 Å². The molecule has 0 bridgehead atoms. The van der Waals surface area contributed by atoms with E-state index in [0.717, 1.165) is 15.6 Å². The van der Waals surface area contributed by atoms with Crippen LogP contribution in [0.4, 0.5) is 0 Å². The Morgan fingerprint density at radius 2 is 1.90 bits per heavy atom. The van der Waals surface area contributed by atoms with Crippen molar-refractivity contribution in [3.63, 3.8) is 0 Å². The summed E-state index contributed by atoms with van der Waals surface area (Å²) >= 11 is 9.50. The second-order valence-electron chi connectivity index (χ2n) is 8.27. The van der Waals surface area contributed by atoms with Gasteiger partial charge in [0.1, 0.15) is 11.8 Å². The molecule has 162 valence electrons. The number of ether oxygens (including phenoxy) is 1. The lowest BCUT2D eigenvalue weighted by Crippen LogP contribution is -2.53. The summed E-state index contributed by atoms with van der Waals surface area (Å²) in [6, 6.07) is 12.2. The van der Waals surface area contributed by atoms with Crippen molar-refractivity contribution >= 4 is 39.3 Å². The van der Waals surface area contributed by atoms with Gasteiger partial charge in [-0.1, -0.05) is 39.7 Å². The summed E-state index contributed by atoms with van der Waals surface area (Å²) in [7, 11) is 0. The van der Waals surface area contributed by atoms with E-state index >= 15 is 0 Å². The van der Waals surface area contributed by atoms with Crippen molar-refractivity contribution in [2.75, 3.05) is 6.61 Å². The number of nitrogens with one attached hydrogen (secondary N) is 1. The quantitative estimate of drug-likeness (QED) is 0.580. The highest BCUT2D eigenvalue weighted by atomic mass is 79.9. The Kier molecular flexibility index (Phi) is 8.33. The molecule has 7 heteroatoms. The lowest BCUT2D eigenvalue weighted by Gasteiger charge is -2.31. The van der Waals surface area contributed by atoms with E-state index in [1.807, 2.05) is 52.0 Å². The molecule has 1 atom stereocenters. The Hall–Kier alpha value is -2.05. The number of nitrogens with zero attached hydrogens (tertiary/aromatic N) is 1. The molecular weight excluding hydrogens is 468 g/mol. The van der Waals surface area contributed by atoms with Crippen LogP contribution in [0.15, 0.2) is 46.9 Å². The summed E-state index contributed by atoms with van der Waals surface area (Å²) in [5, 5.41) is 3.58. The fourth-order valence-corrected chi connectivity index (χ4v) is 3.39. The number of rotatable bonds is 7. The van der Waals surface area contributed by atoms with Gasteiger partial charge in [0.05, 0.1) is 0 Å². The van der Waals surface area contributed by atoms with Crippen LogP contribution in [0.1, 0.15) is 38.8 Å². The molecule has 5 nitrogen and oxygen atoms in total. The molecule has 0 aliphatic carbocycles. The van der Waals surface area contributed by atoms with Gasteiger partial charge in [-0.15, -0.1) is 0 Å². The Morgan fingerprint density at radius 3 is 2.50 bits per heavy atom. The van der Waals surface area contributed by atoms with Gasteiger partial charge in [-0.2, -0.15) is 0 Å². The second-order valence-corrected chi connectivity index (χ2v) is 9.59. The maximum atomic E-state index is 13.1. The maximum Gasteiger partial charge on any atom is 0.261 e. The highest BCUT2D eigenvalue weighted by Gasteiger charge is 2.28. The first kappa shape index (κ1) is 24.2. The molecule has 2 aromatic rings. The molecule has 0 heterocycles. The summed E-state index contributed by atoms with van der Waals surface area (Å²) in [4.78, 5) is 27.3. The number of amides is 2. The largest absolute Gasteiger partial charge is 0.484 e. The molecule has 0 spiro atoms. The molecule has 0 aliphatic heterocycles. The molecule has 30 heavy (non-hydrogen) atoms. The van der Waals surface area contributed by atoms with Crippen molar-refractivity contribution in [1.29, 1.82) is 0 Å². The van der Waals surface area contributed by atoms with E-state index in [1.165, 1.54) is 4.90 Å². The van der Waals surface area contributed by atoms with Crippen molar-refractivity contribution in [3.05, 3.63) is 63.1 Å². The lowest BCUT2D eigenvalue weighted by atomic mass is 10.1. The molecule has 0 saturated carbocycles. The highest BCUT2D eigenvalue weighted by molar-refractivity contribution is 9.10. The third-order valence-electron chi connectivity index (χ3n) is 4.40. The molecule has 0 unspecified atom stereocenters. The normalized spacial score (nSPS) is 12.2. The van der Waals surface area contributed by atoms with E-state index in [0.29, 0.717) is 17.3 Å². The van der Waals surface area contributed by atoms with Crippen LogP contribution in [0, 0.1) is 6.92 Å². The number of hydrogen-bond acceptors (Lipinski definition) is 3. The Morgan fingerprint density at radius 1 is 1.20 bits per heavy atom. The van der Waals surface area contributed by atoms with Gasteiger partial charge in [-0.3, -0.25) is 9.59 Å². The number of hydrogen-bond donors (Lipinski definition) is 1. The number of halogens is 2. The Balaban J connectivity index is 2.18. The standard InChI is InChI=1S/C23H28BrClN2O3/c1-15-11-19(9-10-20(15)25)30-14-21(28)27(13-17-7-6-8-18(24)12-17)16(2)22(29)26-23(3,4)5/h6-12,16H,13-14H2,1-5H3,(H,26,29)/t16-/m0/s1. The Bertz CT molecular complexity index is 912. The molecule has 2 amide bonds. The van der Waals surface area contributed by atoms with Crippen LogP contribution in [0.5, 0.6) is 5.75 Å². The van der Waals surface area contributed by atoms with Gasteiger partial charge in [0.25, 0.3) is 5.91 Å². The van der Waals surface area contributed by atoms with E-state index in [1.54, 1.807) is 25.1 Å². The minimum absolute atomic E-state index is 0.178. The summed E-state index contributed by atoms with van der Waals surface area (Å²) in [5.74, 6) is 0.0618. The van der Waals surface area contributed by atoms with Crippen molar-refractivity contribution in [1.82, 2.24) is 10.2 Å². The first-order chi connectivity index (χ1) is 14.0. The summed E-state index contributed by atoms with van der Waals surface area (Å²) in [6.07, 6.45) is 0. The molecule has 0 saturated heterocycles. The van der Waals surface area contributed by atoms with Crippen LogP contribution >= 0.6 is 27.5 Å². The third kappa shape index (κ3) is 7.33. The predicted molar refractivity (Wildman–Crippen MR) is 124 cm³/mol. The second kappa shape index (κ2) is 10.3. The van der Waals surface area contributed by atoms with Crippen molar-refractivity contribution in [3.8, 4) is 5.75 Å². The van der Waals surface area contributed by atoms with Crippen LogP contribution in [-0.4, -0.2) is 34.9 Å². The van der Waals surface area contributed by atoms with Crippen molar-refractivity contribution < 1.29 is 14.3 Å². The van der Waals surface area contributed by atoms with Gasteiger partial charge >= 0.3 is 0 Å². The SMILES string of the molecule is Cc1cc(OCC(=O)N(Cc2cccc(Br)c2)[C@@H](C)C(=O)NC(C)(C)C)ccc1Cl. The summed E-state index contributed by atoms with van der Waals surface area (Å²) in [6.45, 7) is 9.43. The minimum Gasteiger partial charge on any atom is -0.484 e. The molecule has 0 radical (unpaired) electrons. The first-order valence-corrected chi connectivity index (χ1v) is 10.9. The van der Waals surface area contributed by atoms with Crippen molar-refractivity contribution in [2.45, 2.75) is 52.7 Å². The zero-order chi connectivity index (χ0) is 22.5. The molecule has 1 N–H and O–H groups in total. The predicted octanol–water partition coefficient (Wildman–Crippen LogP) is 5.12. The molecular formula is C23H28BrClN2O3. The molecule has 2 aromatic carbocycles. The number of benzene rings is 2. The zero-order valence-electron chi connectivity index (χ0n) is 18.0. The van der Waals surface area contributed by atoms with Crippen molar-refractivity contribution in [2.24, 2.45) is 0 Å². The van der Waals surface area contributed by atoms with E-state index in [4.69, 9.17) is 16.3 Å². The minimum atomic E-state index is -0.661. The van der Waals surface area contributed by atoms with E-state index < -0.39 is 11.6 Å². The van der Waals surface area contributed by atoms with Crippen LogP contribution in [0.2, 0.25) is 5.02 Å². The number of carbonyl (C=O) groups is 2. The summed E-state index contributed by atoms with van der Waals surface area (Å²) < 4.78 is 6.60. The average molecular weight is 496 g/mol. The molecule has 0 aliphatic rings. The number of carbonyl (C=O) groups excluding carboxylic acids is 2. The van der Waals surface area contributed by atoms with E-state index in [-0.39, 0.29) is 18.4 Å². The summed E-state index contributed by atoms with van der Waals surface area (Å²) in [5.41, 5.74) is 1.38. The lowest BCUT2D eigenvalue weighted by molar-refractivity contribution is -0.142. The third-order valence-corrected chi connectivity index (χ3v) is 5.32. The van der Waals surface area contributed by atoms with Gasteiger partial charge in [0.2, 0.25) is 5.91 Å². The Labute approximate surface area is 191 Å². The van der Waals surface area contributed by atoms with Gasteiger partial charge in [-0.25, -0.2) is 0 Å². The molecule has 2 rings (SSSR count). The van der Waals surface area contributed by atoms with Crippen LogP contribution in [-0.2, 0) is 16.1 Å². The zero-order valence-corrected chi connectivity index (χ0v) is 20.3. The van der Waals surface area contributed by atoms with Gasteiger partial charge < -0.3 is 15.0 Å². The van der Waals surface area contributed by atoms with Crippen LogP contribution in [0.3, 0.4) is 0 Å². The monoisotopic (exact) mass is 494 g/mol. The van der Waals surface area contributed by atoms with E-state index in [9.17, 15) is 9.59 Å². The molecule has 0 fully saturated rings. The maximum absolute atomic E-state index is 13.1. The van der Waals surface area contributed by atoms with E-state index in [2.05, 4.69) is 21.2 Å². The smallest absolute Gasteiger partial charge is 0.261 e. The van der Waals surface area contributed by atoms with Crippen LogP contribution < -0.4 is 10.1 Å². The van der Waals surface area contributed by atoms with Crippen LogP contribution in [0.25, 0.3) is 0 Å². The fraction of sp³-hybridized carbons (Fsp3) is 0.391. The topological polar surface area (TPSA) is 58.6 Å².